The zero-order valence-electron chi connectivity index (χ0n) is 10.2. The third-order valence-corrected chi connectivity index (χ3v) is 5.33. The van der Waals surface area contributed by atoms with Crippen LogP contribution in [0, 0.1) is 0 Å². The van der Waals surface area contributed by atoms with Gasteiger partial charge in [-0.1, -0.05) is 11.6 Å². The van der Waals surface area contributed by atoms with Gasteiger partial charge < -0.3 is 5.11 Å². The lowest BCUT2D eigenvalue weighted by molar-refractivity contribution is 0.151. The third kappa shape index (κ3) is 2.21. The number of rotatable bonds is 1. The molecule has 2 unspecified atom stereocenters. The first-order valence-corrected chi connectivity index (χ1v) is 8.12. The number of aliphatic hydroxyl groups is 1. The molecule has 0 bridgehead atoms. The van der Waals surface area contributed by atoms with Crippen LogP contribution in [0.5, 0.6) is 0 Å². The van der Waals surface area contributed by atoms with Crippen molar-refractivity contribution in [3.05, 3.63) is 39.9 Å². The average Bonchev–Trinajstić information content (AvgIpc) is 2.63. The Morgan fingerprint density at radius 3 is 2.75 bits per heavy atom. The summed E-state index contributed by atoms with van der Waals surface area (Å²) in [4.78, 5) is 16.5. The lowest BCUT2D eigenvalue weighted by atomic mass is 10.2. The minimum atomic E-state index is -3.33. The lowest BCUT2D eigenvalue weighted by Crippen LogP contribution is -2.31. The molecule has 20 heavy (non-hydrogen) atoms. The highest BCUT2D eigenvalue weighted by atomic mass is 35.5. The van der Waals surface area contributed by atoms with Crippen molar-refractivity contribution < 1.29 is 13.5 Å². The van der Waals surface area contributed by atoms with Crippen molar-refractivity contribution >= 4 is 32.3 Å². The van der Waals surface area contributed by atoms with E-state index in [0.717, 1.165) is 0 Å². The van der Waals surface area contributed by atoms with Crippen LogP contribution in [-0.2, 0) is 9.84 Å². The first kappa shape index (κ1) is 13.5. The van der Waals surface area contributed by atoms with Crippen LogP contribution in [0.2, 0.25) is 5.02 Å². The maximum atomic E-state index is 12.4. The number of aliphatic hydroxyl groups excluding tert-OH is 1. The maximum absolute atomic E-state index is 12.4. The summed E-state index contributed by atoms with van der Waals surface area (Å²) in [6.45, 7) is 0. The van der Waals surface area contributed by atoms with Gasteiger partial charge in [-0.25, -0.2) is 13.4 Å². The molecule has 1 N–H and O–H groups in total. The monoisotopic (exact) mass is 314 g/mol. The van der Waals surface area contributed by atoms with Crippen LogP contribution in [0.1, 0.15) is 6.04 Å². The summed E-state index contributed by atoms with van der Waals surface area (Å²) < 4.78 is 24.2. The van der Waals surface area contributed by atoms with E-state index in [4.69, 9.17) is 11.6 Å². The molecule has 0 radical (unpaired) electrons. The standard InChI is InChI=1S/C12H11ClN2O4S/c13-7-1-2-8-9(3-7)14-6-15(12(8)17)10-4-20(18,19)5-11(10)16/h1-3,6,10-11,16H,4-5H2. The Labute approximate surface area is 119 Å². The van der Waals surface area contributed by atoms with Crippen molar-refractivity contribution in [2.75, 3.05) is 11.5 Å². The smallest absolute Gasteiger partial charge is 0.261 e. The summed E-state index contributed by atoms with van der Waals surface area (Å²) >= 11 is 5.83. The minimum Gasteiger partial charge on any atom is -0.390 e. The SMILES string of the molecule is O=c1c2ccc(Cl)cc2ncn1C1CS(=O)(=O)CC1O. The van der Waals surface area contributed by atoms with Crippen molar-refractivity contribution in [2.45, 2.75) is 12.1 Å². The van der Waals surface area contributed by atoms with E-state index in [2.05, 4.69) is 4.98 Å². The summed E-state index contributed by atoms with van der Waals surface area (Å²) in [5, 5.41) is 10.6. The molecular formula is C12H11ClN2O4S. The van der Waals surface area contributed by atoms with E-state index in [-0.39, 0.29) is 17.1 Å². The van der Waals surface area contributed by atoms with E-state index in [9.17, 15) is 18.3 Å². The van der Waals surface area contributed by atoms with Gasteiger partial charge in [0.2, 0.25) is 0 Å². The van der Waals surface area contributed by atoms with Gasteiger partial charge in [-0.15, -0.1) is 0 Å². The van der Waals surface area contributed by atoms with Gasteiger partial charge in [0.05, 0.1) is 40.9 Å². The molecule has 0 saturated carbocycles. The molecule has 106 valence electrons. The van der Waals surface area contributed by atoms with Crippen LogP contribution in [0.25, 0.3) is 10.9 Å². The van der Waals surface area contributed by atoms with Gasteiger partial charge in [0.1, 0.15) is 0 Å². The molecule has 0 spiro atoms. The molecule has 1 aromatic heterocycles. The fourth-order valence-corrected chi connectivity index (χ4v) is 4.37. The molecule has 0 aliphatic carbocycles. The van der Waals surface area contributed by atoms with Gasteiger partial charge in [0.15, 0.2) is 9.84 Å². The Balaban J connectivity index is 2.16. The van der Waals surface area contributed by atoms with Crippen molar-refractivity contribution in [2.24, 2.45) is 0 Å². The topological polar surface area (TPSA) is 89.3 Å². The molecule has 1 saturated heterocycles. The summed E-state index contributed by atoms with van der Waals surface area (Å²) in [5.74, 6) is -0.586. The Kier molecular flexibility index (Phi) is 3.07. The predicted molar refractivity (Wildman–Crippen MR) is 74.7 cm³/mol. The number of sulfone groups is 1. The molecule has 3 rings (SSSR count). The van der Waals surface area contributed by atoms with Crippen molar-refractivity contribution in [3.63, 3.8) is 0 Å². The zero-order chi connectivity index (χ0) is 14.5. The van der Waals surface area contributed by atoms with Gasteiger partial charge in [-0.05, 0) is 18.2 Å². The van der Waals surface area contributed by atoms with Crippen LogP contribution < -0.4 is 5.56 Å². The van der Waals surface area contributed by atoms with Crippen molar-refractivity contribution in [1.29, 1.82) is 0 Å². The van der Waals surface area contributed by atoms with E-state index >= 15 is 0 Å². The Morgan fingerprint density at radius 1 is 1.35 bits per heavy atom. The van der Waals surface area contributed by atoms with Crippen LogP contribution in [0.4, 0.5) is 0 Å². The first-order valence-electron chi connectivity index (χ1n) is 5.92. The number of hydrogen-bond acceptors (Lipinski definition) is 5. The fourth-order valence-electron chi connectivity index (χ4n) is 2.42. The van der Waals surface area contributed by atoms with Crippen molar-refractivity contribution in [1.82, 2.24) is 9.55 Å². The number of nitrogens with zero attached hydrogens (tertiary/aromatic N) is 2. The van der Waals surface area contributed by atoms with E-state index < -0.39 is 22.0 Å². The normalized spacial score (nSPS) is 25.1. The molecule has 1 fully saturated rings. The average molecular weight is 315 g/mol. The van der Waals surface area contributed by atoms with E-state index in [1.807, 2.05) is 0 Å². The number of hydrogen-bond donors (Lipinski definition) is 1. The van der Waals surface area contributed by atoms with E-state index in [0.29, 0.717) is 15.9 Å². The van der Waals surface area contributed by atoms with Crippen molar-refractivity contribution in [3.8, 4) is 0 Å². The van der Waals surface area contributed by atoms with Crippen LogP contribution in [-0.4, -0.2) is 40.7 Å². The van der Waals surface area contributed by atoms with E-state index in [1.165, 1.54) is 10.9 Å². The highest BCUT2D eigenvalue weighted by Crippen LogP contribution is 2.23. The molecule has 1 aromatic carbocycles. The predicted octanol–water partition coefficient (Wildman–Crippen LogP) is 0.380. The highest BCUT2D eigenvalue weighted by Gasteiger charge is 2.38. The third-order valence-electron chi connectivity index (χ3n) is 3.40. The number of aromatic nitrogens is 2. The second-order valence-corrected chi connectivity index (χ2v) is 7.42. The van der Waals surface area contributed by atoms with Crippen LogP contribution in [0.15, 0.2) is 29.3 Å². The second kappa shape index (κ2) is 4.54. The van der Waals surface area contributed by atoms with Gasteiger partial charge in [0, 0.05) is 5.02 Å². The largest absolute Gasteiger partial charge is 0.390 e. The molecule has 8 heteroatoms. The molecular weight excluding hydrogens is 304 g/mol. The first-order chi connectivity index (χ1) is 9.37. The Bertz CT molecular complexity index is 846. The maximum Gasteiger partial charge on any atom is 0.261 e. The number of halogens is 1. The van der Waals surface area contributed by atoms with Gasteiger partial charge in [-0.3, -0.25) is 9.36 Å². The van der Waals surface area contributed by atoms with Gasteiger partial charge in [0.25, 0.3) is 5.56 Å². The molecule has 2 aromatic rings. The van der Waals surface area contributed by atoms with Gasteiger partial charge in [-0.2, -0.15) is 0 Å². The van der Waals surface area contributed by atoms with Crippen LogP contribution >= 0.6 is 11.6 Å². The summed E-state index contributed by atoms with van der Waals surface area (Å²) in [6, 6.07) is 3.88. The summed E-state index contributed by atoms with van der Waals surface area (Å²) in [5.41, 5.74) is 0.0573. The quantitative estimate of drug-likeness (QED) is 0.822. The Morgan fingerprint density at radius 2 is 2.10 bits per heavy atom. The van der Waals surface area contributed by atoms with Gasteiger partial charge >= 0.3 is 0 Å². The minimum absolute atomic E-state index is 0.255. The fraction of sp³-hybridized carbons (Fsp3) is 0.333. The molecule has 1 aliphatic rings. The molecule has 2 atom stereocenters. The molecule has 0 amide bonds. The van der Waals surface area contributed by atoms with E-state index in [1.54, 1.807) is 18.2 Å². The second-order valence-electron chi connectivity index (χ2n) is 4.83. The summed E-state index contributed by atoms with van der Waals surface area (Å²) in [6.07, 6.45) is 0.166. The zero-order valence-corrected chi connectivity index (χ0v) is 11.8. The lowest BCUT2D eigenvalue weighted by Gasteiger charge is -2.16. The number of benzene rings is 1. The highest BCUT2D eigenvalue weighted by molar-refractivity contribution is 7.91. The molecule has 6 nitrogen and oxygen atoms in total. The Hall–Kier alpha value is -1.44. The van der Waals surface area contributed by atoms with Crippen LogP contribution in [0.3, 0.4) is 0 Å². The number of fused-ring (bicyclic) bond motifs is 1. The molecule has 1 aliphatic heterocycles. The summed E-state index contributed by atoms with van der Waals surface area (Å²) in [7, 11) is -3.33. The molecule has 2 heterocycles.